The van der Waals surface area contributed by atoms with E-state index in [0.717, 1.165) is 5.56 Å². The molecule has 7 nitrogen and oxygen atoms in total. The van der Waals surface area contributed by atoms with Gasteiger partial charge in [0.25, 0.3) is 5.69 Å². The van der Waals surface area contributed by atoms with Gasteiger partial charge in [-0.15, -0.1) is 0 Å². The SMILES string of the molecule is COc1cc(CNCC(C)(O)CN(C)C)cc([N+](=O)[O-])c1. The molecule has 0 saturated carbocycles. The van der Waals surface area contributed by atoms with Crippen LogP contribution < -0.4 is 10.1 Å². The fourth-order valence-corrected chi connectivity index (χ4v) is 2.18. The van der Waals surface area contributed by atoms with Crippen molar-refractivity contribution in [1.29, 1.82) is 0 Å². The zero-order chi connectivity index (χ0) is 16.0. The van der Waals surface area contributed by atoms with Crippen LogP contribution in [0.5, 0.6) is 5.75 Å². The molecule has 7 heteroatoms. The van der Waals surface area contributed by atoms with Crippen molar-refractivity contribution in [1.82, 2.24) is 10.2 Å². The maximum absolute atomic E-state index is 10.9. The number of hydrogen-bond donors (Lipinski definition) is 2. The second-order valence-corrected chi connectivity index (χ2v) is 5.63. The Labute approximate surface area is 124 Å². The van der Waals surface area contributed by atoms with E-state index in [0.29, 0.717) is 25.4 Å². The van der Waals surface area contributed by atoms with E-state index in [4.69, 9.17) is 4.74 Å². The highest BCUT2D eigenvalue weighted by molar-refractivity contribution is 5.42. The van der Waals surface area contributed by atoms with Gasteiger partial charge in [0, 0.05) is 25.7 Å². The molecule has 1 aromatic carbocycles. The number of benzene rings is 1. The summed E-state index contributed by atoms with van der Waals surface area (Å²) in [5, 5.41) is 24.1. The van der Waals surface area contributed by atoms with Crippen molar-refractivity contribution in [2.45, 2.75) is 19.1 Å². The Morgan fingerprint density at radius 2 is 2.10 bits per heavy atom. The second kappa shape index (κ2) is 7.35. The van der Waals surface area contributed by atoms with Gasteiger partial charge in [-0.05, 0) is 32.6 Å². The van der Waals surface area contributed by atoms with Gasteiger partial charge in [0.2, 0.25) is 0 Å². The number of nitrogens with zero attached hydrogens (tertiary/aromatic N) is 2. The fourth-order valence-electron chi connectivity index (χ4n) is 2.18. The minimum Gasteiger partial charge on any atom is -0.496 e. The molecule has 2 N–H and O–H groups in total. The summed E-state index contributed by atoms with van der Waals surface area (Å²) in [6.07, 6.45) is 0. The predicted molar refractivity (Wildman–Crippen MR) is 80.5 cm³/mol. The Bertz CT molecular complexity index is 489. The number of nitrogens with one attached hydrogen (secondary N) is 1. The molecule has 0 fully saturated rings. The third-order valence-electron chi connectivity index (χ3n) is 2.89. The van der Waals surface area contributed by atoms with Gasteiger partial charge in [-0.3, -0.25) is 10.1 Å². The van der Waals surface area contributed by atoms with E-state index < -0.39 is 10.5 Å². The summed E-state index contributed by atoms with van der Waals surface area (Å²) in [4.78, 5) is 12.3. The van der Waals surface area contributed by atoms with E-state index >= 15 is 0 Å². The van der Waals surface area contributed by atoms with Crippen molar-refractivity contribution in [2.75, 3.05) is 34.3 Å². The summed E-state index contributed by atoms with van der Waals surface area (Å²) < 4.78 is 5.06. The molecule has 0 heterocycles. The van der Waals surface area contributed by atoms with Crippen LogP contribution in [0.25, 0.3) is 0 Å². The smallest absolute Gasteiger partial charge is 0.273 e. The standard InChI is InChI=1S/C14H23N3O4/c1-14(18,10-16(2)3)9-15-8-11-5-12(17(19)20)7-13(6-11)21-4/h5-7,15,18H,8-10H2,1-4H3. The van der Waals surface area contributed by atoms with Gasteiger partial charge < -0.3 is 20.1 Å². The Morgan fingerprint density at radius 3 is 2.62 bits per heavy atom. The number of methoxy groups -OCH3 is 1. The zero-order valence-electron chi connectivity index (χ0n) is 12.9. The summed E-state index contributed by atoms with van der Waals surface area (Å²) in [7, 11) is 5.25. The molecular formula is C14H23N3O4. The molecule has 0 saturated heterocycles. The number of nitro benzene ring substituents is 1. The van der Waals surface area contributed by atoms with Crippen molar-refractivity contribution in [3.8, 4) is 5.75 Å². The Morgan fingerprint density at radius 1 is 1.43 bits per heavy atom. The van der Waals surface area contributed by atoms with Crippen LogP contribution in [0.15, 0.2) is 18.2 Å². The number of hydrogen-bond acceptors (Lipinski definition) is 6. The largest absolute Gasteiger partial charge is 0.496 e. The molecule has 1 atom stereocenters. The lowest BCUT2D eigenvalue weighted by Gasteiger charge is -2.27. The van der Waals surface area contributed by atoms with Gasteiger partial charge in [-0.1, -0.05) is 0 Å². The van der Waals surface area contributed by atoms with Crippen molar-refractivity contribution < 1.29 is 14.8 Å². The van der Waals surface area contributed by atoms with E-state index in [2.05, 4.69) is 5.32 Å². The zero-order valence-corrected chi connectivity index (χ0v) is 12.9. The van der Waals surface area contributed by atoms with Crippen LogP contribution in [0.1, 0.15) is 12.5 Å². The predicted octanol–water partition coefficient (Wildman–Crippen LogP) is 1.01. The molecule has 0 radical (unpaired) electrons. The normalized spacial score (nSPS) is 14.0. The van der Waals surface area contributed by atoms with E-state index in [9.17, 15) is 15.2 Å². The lowest BCUT2D eigenvalue weighted by Crippen LogP contribution is -2.45. The van der Waals surface area contributed by atoms with Crippen LogP contribution in [-0.4, -0.2) is 54.8 Å². The van der Waals surface area contributed by atoms with Gasteiger partial charge >= 0.3 is 0 Å². The number of likely N-dealkylation sites (N-methyl/N-ethyl adjacent to an activating group) is 1. The first-order valence-corrected chi connectivity index (χ1v) is 6.64. The van der Waals surface area contributed by atoms with E-state index in [1.807, 2.05) is 19.0 Å². The summed E-state index contributed by atoms with van der Waals surface area (Å²) in [5.74, 6) is 0.445. The first kappa shape index (κ1) is 17.4. The molecule has 0 aliphatic heterocycles. The van der Waals surface area contributed by atoms with Crippen molar-refractivity contribution >= 4 is 5.69 Å². The Hall–Kier alpha value is -1.70. The molecular weight excluding hydrogens is 274 g/mol. The van der Waals surface area contributed by atoms with Crippen LogP contribution in [0.3, 0.4) is 0 Å². The third kappa shape index (κ3) is 6.07. The van der Waals surface area contributed by atoms with Crippen LogP contribution in [0, 0.1) is 10.1 Å². The van der Waals surface area contributed by atoms with Crippen molar-refractivity contribution in [3.05, 3.63) is 33.9 Å². The molecule has 1 aromatic rings. The molecule has 0 spiro atoms. The van der Waals surface area contributed by atoms with Crippen LogP contribution >= 0.6 is 0 Å². The summed E-state index contributed by atoms with van der Waals surface area (Å²) in [5.41, 5.74) is -0.137. The van der Waals surface area contributed by atoms with E-state index in [1.54, 1.807) is 13.0 Å². The monoisotopic (exact) mass is 297 g/mol. The number of nitro groups is 1. The number of ether oxygens (including phenoxy) is 1. The van der Waals surface area contributed by atoms with Crippen LogP contribution in [-0.2, 0) is 6.54 Å². The minimum atomic E-state index is -0.867. The summed E-state index contributed by atoms with van der Waals surface area (Å²) in [6, 6.07) is 4.61. The average Bonchev–Trinajstić information content (AvgIpc) is 2.36. The fraction of sp³-hybridized carbons (Fsp3) is 0.571. The summed E-state index contributed by atoms with van der Waals surface area (Å²) >= 11 is 0. The highest BCUT2D eigenvalue weighted by atomic mass is 16.6. The first-order chi connectivity index (χ1) is 9.73. The van der Waals surface area contributed by atoms with Crippen molar-refractivity contribution in [3.63, 3.8) is 0 Å². The molecule has 118 valence electrons. The third-order valence-corrected chi connectivity index (χ3v) is 2.89. The molecule has 0 amide bonds. The molecule has 0 bridgehead atoms. The maximum Gasteiger partial charge on any atom is 0.273 e. The average molecular weight is 297 g/mol. The second-order valence-electron chi connectivity index (χ2n) is 5.63. The van der Waals surface area contributed by atoms with Gasteiger partial charge in [0.1, 0.15) is 5.75 Å². The maximum atomic E-state index is 10.9. The van der Waals surface area contributed by atoms with Crippen molar-refractivity contribution in [2.24, 2.45) is 0 Å². The molecule has 0 aliphatic rings. The quantitative estimate of drug-likeness (QED) is 0.550. The van der Waals surface area contributed by atoms with Gasteiger partial charge in [0.05, 0.1) is 23.7 Å². The van der Waals surface area contributed by atoms with Crippen LogP contribution in [0.2, 0.25) is 0 Å². The lowest BCUT2D eigenvalue weighted by molar-refractivity contribution is -0.385. The number of aliphatic hydroxyl groups is 1. The Kier molecular flexibility index (Phi) is 6.07. The molecule has 1 rings (SSSR count). The topological polar surface area (TPSA) is 87.9 Å². The molecule has 0 aliphatic carbocycles. The summed E-state index contributed by atoms with van der Waals surface area (Å²) in [6.45, 7) is 3.07. The highest BCUT2D eigenvalue weighted by Gasteiger charge is 2.20. The first-order valence-electron chi connectivity index (χ1n) is 6.64. The number of rotatable bonds is 8. The minimum absolute atomic E-state index is 0.00815. The number of non-ortho nitro benzene ring substituents is 1. The molecule has 0 aromatic heterocycles. The molecule has 21 heavy (non-hydrogen) atoms. The lowest BCUT2D eigenvalue weighted by atomic mass is 10.1. The Balaban J connectivity index is 2.67. The van der Waals surface area contributed by atoms with Crippen LogP contribution in [0.4, 0.5) is 5.69 Å². The van der Waals surface area contributed by atoms with E-state index in [1.165, 1.54) is 19.2 Å². The molecule has 1 unspecified atom stereocenters. The van der Waals surface area contributed by atoms with Gasteiger partial charge in [-0.2, -0.15) is 0 Å². The highest BCUT2D eigenvalue weighted by Crippen LogP contribution is 2.22. The van der Waals surface area contributed by atoms with Gasteiger partial charge in [-0.25, -0.2) is 0 Å². The van der Waals surface area contributed by atoms with Gasteiger partial charge in [0.15, 0.2) is 0 Å². The van der Waals surface area contributed by atoms with E-state index in [-0.39, 0.29) is 5.69 Å².